The summed E-state index contributed by atoms with van der Waals surface area (Å²) in [6.07, 6.45) is 2.83. The lowest BCUT2D eigenvalue weighted by Gasteiger charge is -2.34. The summed E-state index contributed by atoms with van der Waals surface area (Å²) in [7, 11) is 0. The second-order valence-corrected chi connectivity index (χ2v) is 7.00. The fourth-order valence-electron chi connectivity index (χ4n) is 2.95. The van der Waals surface area contributed by atoms with Gasteiger partial charge in [-0.25, -0.2) is 0 Å². The fraction of sp³-hybridized carbons (Fsp3) is 0.526. The minimum Gasteiger partial charge on any atom is -0.369 e. The van der Waals surface area contributed by atoms with Gasteiger partial charge in [-0.05, 0) is 17.9 Å². The summed E-state index contributed by atoms with van der Waals surface area (Å²) in [5, 5.41) is 11.7. The summed E-state index contributed by atoms with van der Waals surface area (Å²) in [5.41, 5.74) is 1.37. The van der Waals surface area contributed by atoms with E-state index >= 15 is 0 Å². The molecule has 1 fully saturated rings. The third kappa shape index (κ3) is 5.39. The van der Waals surface area contributed by atoms with Gasteiger partial charge in [-0.15, -0.1) is 5.10 Å². The molecule has 0 bridgehead atoms. The van der Waals surface area contributed by atoms with E-state index in [1.807, 2.05) is 0 Å². The number of piperazine rings is 1. The highest BCUT2D eigenvalue weighted by Gasteiger charge is 2.19. The van der Waals surface area contributed by atoms with E-state index in [0.717, 1.165) is 57.5 Å². The highest BCUT2D eigenvalue weighted by molar-refractivity contribution is 5.39. The Hall–Kier alpha value is -2.21. The molecule has 0 aliphatic carbocycles. The molecule has 0 amide bonds. The minimum absolute atomic E-state index is 0.680. The van der Waals surface area contributed by atoms with Crippen molar-refractivity contribution in [1.82, 2.24) is 20.1 Å². The first-order valence-corrected chi connectivity index (χ1v) is 9.15. The number of hydrogen-bond donors (Lipinski definition) is 1. The van der Waals surface area contributed by atoms with Crippen LogP contribution >= 0.6 is 0 Å². The fourth-order valence-corrected chi connectivity index (χ4v) is 2.95. The number of rotatable bonds is 7. The second-order valence-electron chi connectivity index (χ2n) is 7.00. The van der Waals surface area contributed by atoms with Crippen LogP contribution < -0.4 is 10.2 Å². The molecular formula is C19H28N6. The third-order valence-corrected chi connectivity index (χ3v) is 4.48. The maximum absolute atomic E-state index is 4.62. The van der Waals surface area contributed by atoms with E-state index in [4.69, 9.17) is 0 Å². The Bertz CT molecular complexity index is 637. The molecule has 1 N–H and O–H groups in total. The van der Waals surface area contributed by atoms with Crippen LogP contribution in [0, 0.1) is 5.92 Å². The average Bonchev–Trinajstić information content (AvgIpc) is 2.63. The van der Waals surface area contributed by atoms with Crippen molar-refractivity contribution < 1.29 is 0 Å². The molecule has 1 aromatic carbocycles. The predicted molar refractivity (Wildman–Crippen MR) is 102 cm³/mol. The second kappa shape index (κ2) is 8.76. The molecule has 6 nitrogen and oxygen atoms in total. The highest BCUT2D eigenvalue weighted by Crippen LogP contribution is 2.14. The Morgan fingerprint density at radius 2 is 1.84 bits per heavy atom. The van der Waals surface area contributed by atoms with Gasteiger partial charge in [0, 0.05) is 39.3 Å². The molecule has 0 unspecified atom stereocenters. The van der Waals surface area contributed by atoms with Crippen LogP contribution in [-0.4, -0.2) is 52.8 Å². The van der Waals surface area contributed by atoms with E-state index in [9.17, 15) is 0 Å². The van der Waals surface area contributed by atoms with Crippen LogP contribution in [0.3, 0.4) is 0 Å². The van der Waals surface area contributed by atoms with E-state index in [1.54, 1.807) is 6.20 Å². The quantitative estimate of drug-likeness (QED) is 0.836. The van der Waals surface area contributed by atoms with E-state index < -0.39 is 0 Å². The van der Waals surface area contributed by atoms with Crippen LogP contribution in [0.25, 0.3) is 0 Å². The summed E-state index contributed by atoms with van der Waals surface area (Å²) in [5.74, 6) is 2.23. The SMILES string of the molecule is CC(C)CCNc1cnnc(N2CCN(Cc3ccccc3)CC2)n1. The number of hydrogen-bond acceptors (Lipinski definition) is 6. The van der Waals surface area contributed by atoms with Gasteiger partial charge in [-0.2, -0.15) is 10.1 Å². The van der Waals surface area contributed by atoms with Gasteiger partial charge in [-0.1, -0.05) is 44.2 Å². The zero-order chi connectivity index (χ0) is 17.5. The Balaban J connectivity index is 1.50. The molecule has 3 rings (SSSR count). The van der Waals surface area contributed by atoms with Gasteiger partial charge < -0.3 is 10.2 Å². The standard InChI is InChI=1S/C19H28N6/c1-16(2)8-9-20-18-14-21-23-19(22-18)25-12-10-24(11-13-25)15-17-6-4-3-5-7-17/h3-7,14,16H,8-13,15H2,1-2H3,(H,20,22,23). The number of nitrogens with zero attached hydrogens (tertiary/aromatic N) is 5. The Kier molecular flexibility index (Phi) is 6.17. The molecule has 0 spiro atoms. The minimum atomic E-state index is 0.680. The summed E-state index contributed by atoms with van der Waals surface area (Å²) < 4.78 is 0. The van der Waals surface area contributed by atoms with Gasteiger partial charge >= 0.3 is 0 Å². The summed E-state index contributed by atoms with van der Waals surface area (Å²) in [4.78, 5) is 9.33. The highest BCUT2D eigenvalue weighted by atomic mass is 15.4. The topological polar surface area (TPSA) is 57.2 Å². The van der Waals surface area contributed by atoms with Gasteiger partial charge in [0.25, 0.3) is 0 Å². The third-order valence-electron chi connectivity index (χ3n) is 4.48. The van der Waals surface area contributed by atoms with Crippen molar-refractivity contribution in [2.45, 2.75) is 26.8 Å². The van der Waals surface area contributed by atoms with Crippen LogP contribution in [0.5, 0.6) is 0 Å². The first-order valence-electron chi connectivity index (χ1n) is 9.15. The van der Waals surface area contributed by atoms with Crippen LogP contribution in [0.15, 0.2) is 36.5 Å². The molecule has 0 saturated carbocycles. The number of aromatic nitrogens is 3. The molecule has 6 heteroatoms. The maximum Gasteiger partial charge on any atom is 0.247 e. The lowest BCUT2D eigenvalue weighted by molar-refractivity contribution is 0.248. The van der Waals surface area contributed by atoms with Gasteiger partial charge in [-0.3, -0.25) is 4.90 Å². The van der Waals surface area contributed by atoms with Gasteiger partial charge in [0.15, 0.2) is 5.82 Å². The van der Waals surface area contributed by atoms with Crippen molar-refractivity contribution in [2.24, 2.45) is 5.92 Å². The molecule has 134 valence electrons. The smallest absolute Gasteiger partial charge is 0.247 e. The monoisotopic (exact) mass is 340 g/mol. The Morgan fingerprint density at radius 3 is 2.56 bits per heavy atom. The first-order chi connectivity index (χ1) is 12.2. The van der Waals surface area contributed by atoms with Crippen LogP contribution in [0.2, 0.25) is 0 Å². The van der Waals surface area contributed by atoms with Gasteiger partial charge in [0.1, 0.15) is 0 Å². The first kappa shape index (κ1) is 17.6. The molecule has 0 atom stereocenters. The summed E-state index contributed by atoms with van der Waals surface area (Å²) >= 11 is 0. The molecule has 0 radical (unpaired) electrons. The van der Waals surface area contributed by atoms with Crippen molar-refractivity contribution in [3.8, 4) is 0 Å². The maximum atomic E-state index is 4.62. The molecular weight excluding hydrogens is 312 g/mol. The van der Waals surface area contributed by atoms with E-state index in [0.29, 0.717) is 5.92 Å². The zero-order valence-corrected chi connectivity index (χ0v) is 15.2. The van der Waals surface area contributed by atoms with E-state index in [1.165, 1.54) is 5.56 Å². The molecule has 1 saturated heterocycles. The lowest BCUT2D eigenvalue weighted by atomic mass is 10.1. The summed E-state index contributed by atoms with van der Waals surface area (Å²) in [6, 6.07) is 10.6. The number of benzene rings is 1. The molecule has 2 aromatic rings. The van der Waals surface area contributed by atoms with Crippen molar-refractivity contribution in [1.29, 1.82) is 0 Å². The largest absolute Gasteiger partial charge is 0.369 e. The summed E-state index contributed by atoms with van der Waals surface area (Å²) in [6.45, 7) is 10.3. The van der Waals surface area contributed by atoms with E-state index in [-0.39, 0.29) is 0 Å². The average molecular weight is 340 g/mol. The molecule has 2 heterocycles. The predicted octanol–water partition coefficient (Wildman–Crippen LogP) is 2.65. The normalized spacial score (nSPS) is 15.6. The molecule has 1 aliphatic rings. The molecule has 1 aliphatic heterocycles. The van der Waals surface area contributed by atoms with Crippen molar-refractivity contribution in [2.75, 3.05) is 42.9 Å². The van der Waals surface area contributed by atoms with Crippen LogP contribution in [0.1, 0.15) is 25.8 Å². The van der Waals surface area contributed by atoms with Crippen molar-refractivity contribution in [3.63, 3.8) is 0 Å². The molecule has 1 aromatic heterocycles. The van der Waals surface area contributed by atoms with Gasteiger partial charge in [0.05, 0.1) is 6.20 Å². The molecule has 25 heavy (non-hydrogen) atoms. The van der Waals surface area contributed by atoms with Crippen molar-refractivity contribution in [3.05, 3.63) is 42.1 Å². The van der Waals surface area contributed by atoms with E-state index in [2.05, 4.69) is 74.5 Å². The lowest BCUT2D eigenvalue weighted by Crippen LogP contribution is -2.46. The van der Waals surface area contributed by atoms with Crippen LogP contribution in [-0.2, 0) is 6.54 Å². The van der Waals surface area contributed by atoms with Crippen LogP contribution in [0.4, 0.5) is 11.8 Å². The zero-order valence-electron chi connectivity index (χ0n) is 15.2. The Morgan fingerprint density at radius 1 is 1.08 bits per heavy atom. The van der Waals surface area contributed by atoms with Crippen molar-refractivity contribution >= 4 is 11.8 Å². The van der Waals surface area contributed by atoms with Gasteiger partial charge in [0.2, 0.25) is 5.95 Å². The number of nitrogens with one attached hydrogen (secondary N) is 1. The Labute approximate surface area is 150 Å². The number of anilines is 2.